The summed E-state index contributed by atoms with van der Waals surface area (Å²) in [6.07, 6.45) is 1.63. The molecule has 0 saturated carbocycles. The minimum Gasteiger partial charge on any atom is -0.483 e. The van der Waals surface area contributed by atoms with Crippen LogP contribution in [0, 0.1) is 0 Å². The van der Waals surface area contributed by atoms with Crippen LogP contribution in [-0.4, -0.2) is 25.6 Å². The van der Waals surface area contributed by atoms with Gasteiger partial charge in [-0.25, -0.2) is 0 Å². The van der Waals surface area contributed by atoms with Crippen LogP contribution in [0.15, 0.2) is 35.3 Å². The summed E-state index contributed by atoms with van der Waals surface area (Å²) in [7, 11) is 0. The number of carbonyl (C=O) groups excluding carboxylic acids is 1. The molecule has 0 heterocycles. The Kier molecular flexibility index (Phi) is 7.22. The Morgan fingerprint density at radius 3 is 3.00 bits per heavy atom. The van der Waals surface area contributed by atoms with Crippen LogP contribution < -0.4 is 15.4 Å². The molecular formula is C14H19BrN2O2. The smallest absolute Gasteiger partial charge is 0.258 e. The van der Waals surface area contributed by atoms with E-state index in [0.717, 1.165) is 22.3 Å². The first-order valence-corrected chi connectivity index (χ1v) is 6.96. The molecule has 0 radical (unpaired) electrons. The fourth-order valence-electron chi connectivity index (χ4n) is 1.47. The van der Waals surface area contributed by atoms with Crippen molar-refractivity contribution in [2.45, 2.75) is 13.5 Å². The van der Waals surface area contributed by atoms with Crippen molar-refractivity contribution >= 4 is 21.8 Å². The lowest BCUT2D eigenvalue weighted by atomic mass is 10.2. The Balaban J connectivity index is 2.60. The monoisotopic (exact) mass is 326 g/mol. The maximum absolute atomic E-state index is 11.5. The van der Waals surface area contributed by atoms with Crippen molar-refractivity contribution in [1.82, 2.24) is 10.6 Å². The van der Waals surface area contributed by atoms with Gasteiger partial charge in [0.15, 0.2) is 6.61 Å². The highest BCUT2D eigenvalue weighted by molar-refractivity contribution is 9.10. The minimum absolute atomic E-state index is 0.00853. The average Bonchev–Trinajstić information content (AvgIpc) is 2.41. The molecule has 0 bridgehead atoms. The van der Waals surface area contributed by atoms with Gasteiger partial charge in [0.1, 0.15) is 5.75 Å². The summed E-state index contributed by atoms with van der Waals surface area (Å²) in [5.41, 5.74) is 1.02. The first kappa shape index (κ1) is 15.7. The molecule has 1 aromatic rings. The maximum Gasteiger partial charge on any atom is 0.258 e. The summed E-state index contributed by atoms with van der Waals surface area (Å²) in [5, 5.41) is 5.91. The van der Waals surface area contributed by atoms with E-state index < -0.39 is 0 Å². The molecule has 19 heavy (non-hydrogen) atoms. The number of amides is 1. The second-order valence-electron chi connectivity index (χ2n) is 3.91. The Morgan fingerprint density at radius 1 is 1.53 bits per heavy atom. The zero-order chi connectivity index (χ0) is 14.1. The number of hydrogen-bond acceptors (Lipinski definition) is 3. The van der Waals surface area contributed by atoms with Gasteiger partial charge in [0.05, 0.1) is 0 Å². The Bertz CT molecular complexity index is 435. The first-order valence-electron chi connectivity index (χ1n) is 6.17. The van der Waals surface area contributed by atoms with Gasteiger partial charge >= 0.3 is 0 Å². The van der Waals surface area contributed by atoms with Crippen molar-refractivity contribution in [3.8, 4) is 5.75 Å². The number of nitrogens with one attached hydrogen (secondary N) is 2. The van der Waals surface area contributed by atoms with Gasteiger partial charge in [-0.15, -0.1) is 6.58 Å². The average molecular weight is 327 g/mol. The van der Waals surface area contributed by atoms with Gasteiger partial charge in [-0.2, -0.15) is 0 Å². The van der Waals surface area contributed by atoms with E-state index in [9.17, 15) is 4.79 Å². The predicted octanol–water partition coefficient (Wildman–Crippen LogP) is 2.24. The highest BCUT2D eigenvalue weighted by atomic mass is 79.9. The number of halogens is 1. The van der Waals surface area contributed by atoms with Gasteiger partial charge in [0, 0.05) is 23.1 Å². The van der Waals surface area contributed by atoms with Gasteiger partial charge in [-0.3, -0.25) is 4.79 Å². The summed E-state index contributed by atoms with van der Waals surface area (Å²) in [5.74, 6) is 0.565. The molecule has 0 atom stereocenters. The molecule has 0 aliphatic heterocycles. The lowest BCUT2D eigenvalue weighted by Gasteiger charge is -2.12. The zero-order valence-corrected chi connectivity index (χ0v) is 12.6. The highest BCUT2D eigenvalue weighted by Crippen LogP contribution is 2.23. The van der Waals surface area contributed by atoms with E-state index in [1.54, 1.807) is 6.08 Å². The Labute approximate surface area is 122 Å². The van der Waals surface area contributed by atoms with Crippen LogP contribution in [0.4, 0.5) is 0 Å². The largest absolute Gasteiger partial charge is 0.483 e. The van der Waals surface area contributed by atoms with Crippen LogP contribution in [0.3, 0.4) is 0 Å². The molecule has 2 N–H and O–H groups in total. The highest BCUT2D eigenvalue weighted by Gasteiger charge is 2.07. The van der Waals surface area contributed by atoms with Crippen LogP contribution in [0.5, 0.6) is 5.75 Å². The third-order valence-electron chi connectivity index (χ3n) is 2.39. The molecule has 0 unspecified atom stereocenters. The second kappa shape index (κ2) is 8.72. The molecular weight excluding hydrogens is 308 g/mol. The van der Waals surface area contributed by atoms with E-state index in [4.69, 9.17) is 4.74 Å². The van der Waals surface area contributed by atoms with E-state index >= 15 is 0 Å². The van der Waals surface area contributed by atoms with Gasteiger partial charge in [0.25, 0.3) is 5.91 Å². The normalized spacial score (nSPS) is 10.0. The summed E-state index contributed by atoms with van der Waals surface area (Å²) < 4.78 is 6.53. The SMILES string of the molecule is C=CCNC(=O)COc1ccc(Br)cc1CNCC. The van der Waals surface area contributed by atoms with Gasteiger partial charge in [-0.05, 0) is 24.7 Å². The molecule has 0 spiro atoms. The summed E-state index contributed by atoms with van der Waals surface area (Å²) >= 11 is 3.43. The van der Waals surface area contributed by atoms with Crippen molar-refractivity contribution in [2.24, 2.45) is 0 Å². The van der Waals surface area contributed by atoms with E-state index in [1.807, 2.05) is 25.1 Å². The van der Waals surface area contributed by atoms with Crippen molar-refractivity contribution in [3.05, 3.63) is 40.9 Å². The molecule has 1 aromatic carbocycles. The van der Waals surface area contributed by atoms with E-state index in [1.165, 1.54) is 0 Å². The van der Waals surface area contributed by atoms with Gasteiger partial charge in [0.2, 0.25) is 0 Å². The van der Waals surface area contributed by atoms with Crippen LogP contribution >= 0.6 is 15.9 Å². The zero-order valence-electron chi connectivity index (χ0n) is 11.0. The molecule has 0 fully saturated rings. The maximum atomic E-state index is 11.5. The molecule has 1 rings (SSSR count). The Morgan fingerprint density at radius 2 is 2.32 bits per heavy atom. The predicted molar refractivity (Wildman–Crippen MR) is 80.2 cm³/mol. The second-order valence-corrected chi connectivity index (χ2v) is 4.83. The van der Waals surface area contributed by atoms with Crippen molar-refractivity contribution in [1.29, 1.82) is 0 Å². The van der Waals surface area contributed by atoms with Crippen LogP contribution in [0.2, 0.25) is 0 Å². The summed E-state index contributed by atoms with van der Waals surface area (Å²) in [6.45, 7) is 7.63. The quantitative estimate of drug-likeness (QED) is 0.720. The fourth-order valence-corrected chi connectivity index (χ4v) is 1.88. The molecule has 0 aromatic heterocycles. The molecule has 0 aliphatic rings. The number of ether oxygens (including phenoxy) is 1. The van der Waals surface area contributed by atoms with Crippen molar-refractivity contribution < 1.29 is 9.53 Å². The fraction of sp³-hybridized carbons (Fsp3) is 0.357. The third kappa shape index (κ3) is 5.89. The van der Waals surface area contributed by atoms with Crippen LogP contribution in [0.1, 0.15) is 12.5 Å². The van der Waals surface area contributed by atoms with Gasteiger partial charge < -0.3 is 15.4 Å². The third-order valence-corrected chi connectivity index (χ3v) is 2.88. The van der Waals surface area contributed by atoms with E-state index in [0.29, 0.717) is 13.1 Å². The number of carbonyl (C=O) groups is 1. The van der Waals surface area contributed by atoms with E-state index in [2.05, 4.69) is 33.1 Å². The molecule has 4 nitrogen and oxygen atoms in total. The first-order chi connectivity index (χ1) is 9.17. The van der Waals surface area contributed by atoms with E-state index in [-0.39, 0.29) is 12.5 Å². The molecule has 5 heteroatoms. The molecule has 0 aliphatic carbocycles. The van der Waals surface area contributed by atoms with Crippen LogP contribution in [0.25, 0.3) is 0 Å². The van der Waals surface area contributed by atoms with Crippen molar-refractivity contribution in [3.63, 3.8) is 0 Å². The molecule has 1 amide bonds. The number of rotatable bonds is 8. The van der Waals surface area contributed by atoms with Gasteiger partial charge in [-0.1, -0.05) is 28.9 Å². The number of benzene rings is 1. The summed E-state index contributed by atoms with van der Waals surface area (Å²) in [4.78, 5) is 11.5. The minimum atomic E-state index is -0.155. The Hall–Kier alpha value is -1.33. The number of hydrogen-bond donors (Lipinski definition) is 2. The van der Waals surface area contributed by atoms with Crippen molar-refractivity contribution in [2.75, 3.05) is 19.7 Å². The molecule has 0 saturated heterocycles. The molecule has 104 valence electrons. The lowest BCUT2D eigenvalue weighted by molar-refractivity contribution is -0.122. The van der Waals surface area contributed by atoms with Crippen LogP contribution in [-0.2, 0) is 11.3 Å². The standard InChI is InChI=1S/C14H19BrN2O2/c1-3-7-17-14(18)10-19-13-6-5-12(15)8-11(13)9-16-4-2/h3,5-6,8,16H,1,4,7,9-10H2,2H3,(H,17,18). The lowest BCUT2D eigenvalue weighted by Crippen LogP contribution is -2.29. The topological polar surface area (TPSA) is 50.4 Å². The summed E-state index contributed by atoms with van der Waals surface area (Å²) in [6, 6.07) is 5.74.